The number of halogens is 1. The van der Waals surface area contributed by atoms with Crippen LogP contribution in [-0.2, 0) is 7.05 Å². The maximum absolute atomic E-state index is 11.6. The molecule has 0 radical (unpaired) electrons. The summed E-state index contributed by atoms with van der Waals surface area (Å²) in [6.07, 6.45) is 2.63. The molecule has 0 aliphatic heterocycles. The van der Waals surface area contributed by atoms with E-state index in [0.29, 0.717) is 18.4 Å². The summed E-state index contributed by atoms with van der Waals surface area (Å²) in [5.74, 6) is 5.70. The predicted octanol–water partition coefficient (Wildman–Crippen LogP) is 2.17. The minimum Gasteiger partial charge on any atom is -0.294 e. The van der Waals surface area contributed by atoms with Gasteiger partial charge in [0, 0.05) is 19.9 Å². The Bertz CT molecular complexity index is 398. The highest BCUT2D eigenvalue weighted by atomic mass is 79.9. The smallest absolute Gasteiger partial charge is 0.168 e. The van der Waals surface area contributed by atoms with Crippen LogP contribution in [0.1, 0.15) is 30.1 Å². The van der Waals surface area contributed by atoms with Gasteiger partial charge in [-0.25, -0.2) is 0 Å². The third kappa shape index (κ3) is 2.46. The topological polar surface area (TPSA) is 34.9 Å². The Morgan fingerprint density at radius 3 is 2.93 bits per heavy atom. The Kier molecular flexibility index (Phi) is 3.90. The van der Waals surface area contributed by atoms with Crippen molar-refractivity contribution in [1.29, 1.82) is 0 Å². The van der Waals surface area contributed by atoms with Gasteiger partial charge in [0.1, 0.15) is 4.60 Å². The van der Waals surface area contributed by atoms with Gasteiger partial charge in [0.2, 0.25) is 0 Å². The molecule has 0 spiro atoms. The first kappa shape index (κ1) is 11.0. The molecule has 0 aliphatic carbocycles. The molecule has 1 aromatic heterocycles. The van der Waals surface area contributed by atoms with Gasteiger partial charge in [0.15, 0.2) is 5.78 Å². The fraction of sp³-hybridized carbons (Fsp3) is 0.400. The zero-order chi connectivity index (χ0) is 10.6. The lowest BCUT2D eigenvalue weighted by atomic mass is 10.1. The largest absolute Gasteiger partial charge is 0.294 e. The zero-order valence-electron chi connectivity index (χ0n) is 8.17. The Hall–Kier alpha value is -1.08. The molecular formula is C10H11BrN2O. The van der Waals surface area contributed by atoms with Crippen LogP contribution >= 0.6 is 15.9 Å². The second-order valence-electron chi connectivity index (χ2n) is 2.82. The third-order valence-electron chi connectivity index (χ3n) is 1.82. The molecule has 0 saturated heterocycles. The average molecular weight is 255 g/mol. The Morgan fingerprint density at radius 1 is 1.71 bits per heavy atom. The molecule has 0 aromatic carbocycles. The van der Waals surface area contributed by atoms with Crippen molar-refractivity contribution in [3.8, 4) is 11.8 Å². The van der Waals surface area contributed by atoms with Gasteiger partial charge in [-0.05, 0) is 22.9 Å². The molecule has 0 unspecified atom stereocenters. The number of aryl methyl sites for hydroxylation is 1. The van der Waals surface area contributed by atoms with Crippen LogP contribution in [0.5, 0.6) is 0 Å². The minimum absolute atomic E-state index is 0.0766. The third-order valence-corrected chi connectivity index (χ3v) is 2.76. The van der Waals surface area contributed by atoms with E-state index in [-0.39, 0.29) is 5.78 Å². The van der Waals surface area contributed by atoms with E-state index in [1.54, 1.807) is 24.9 Å². The standard InChI is InChI=1S/C10H11BrN2O/c1-3-4-5-6-9(14)8-7-12-13(2)10(8)11/h7H,5-6H2,1-2H3. The van der Waals surface area contributed by atoms with Crippen LogP contribution in [-0.4, -0.2) is 15.6 Å². The first-order valence-corrected chi connectivity index (χ1v) is 5.06. The average Bonchev–Trinajstić information content (AvgIpc) is 2.48. The highest BCUT2D eigenvalue weighted by molar-refractivity contribution is 9.10. The van der Waals surface area contributed by atoms with Crippen LogP contribution in [0.2, 0.25) is 0 Å². The molecule has 0 saturated carbocycles. The Labute approximate surface area is 91.6 Å². The van der Waals surface area contributed by atoms with E-state index in [1.165, 1.54) is 0 Å². The number of rotatable bonds is 3. The van der Waals surface area contributed by atoms with Gasteiger partial charge in [-0.1, -0.05) is 0 Å². The molecule has 1 aromatic rings. The molecular weight excluding hydrogens is 244 g/mol. The number of nitrogens with zero attached hydrogens (tertiary/aromatic N) is 2. The van der Waals surface area contributed by atoms with Gasteiger partial charge in [-0.3, -0.25) is 9.48 Å². The molecule has 0 amide bonds. The van der Waals surface area contributed by atoms with E-state index in [1.807, 2.05) is 0 Å². The summed E-state index contributed by atoms with van der Waals surface area (Å²) in [4.78, 5) is 11.6. The minimum atomic E-state index is 0.0766. The number of hydrogen-bond acceptors (Lipinski definition) is 2. The lowest BCUT2D eigenvalue weighted by molar-refractivity contribution is 0.0983. The highest BCUT2D eigenvalue weighted by Crippen LogP contribution is 2.17. The number of hydrogen-bond donors (Lipinski definition) is 0. The fourth-order valence-corrected chi connectivity index (χ4v) is 1.46. The molecule has 0 atom stereocenters. The van der Waals surface area contributed by atoms with Crippen LogP contribution < -0.4 is 0 Å². The summed E-state index contributed by atoms with van der Waals surface area (Å²) in [6, 6.07) is 0. The lowest BCUT2D eigenvalue weighted by Crippen LogP contribution is -1.98. The summed E-state index contributed by atoms with van der Waals surface area (Å²) in [7, 11) is 1.78. The van der Waals surface area contributed by atoms with E-state index < -0.39 is 0 Å². The van der Waals surface area contributed by atoms with Crippen molar-refractivity contribution in [3.05, 3.63) is 16.4 Å². The van der Waals surface area contributed by atoms with Gasteiger partial charge in [0.05, 0.1) is 11.8 Å². The first-order chi connectivity index (χ1) is 6.66. The molecule has 1 heterocycles. The van der Waals surface area contributed by atoms with Crippen LogP contribution in [0.25, 0.3) is 0 Å². The van der Waals surface area contributed by atoms with Crippen LogP contribution in [0.3, 0.4) is 0 Å². The maximum atomic E-state index is 11.6. The highest BCUT2D eigenvalue weighted by Gasteiger charge is 2.12. The molecule has 1 rings (SSSR count). The lowest BCUT2D eigenvalue weighted by Gasteiger charge is -1.95. The van der Waals surface area contributed by atoms with Crippen LogP contribution in [0.4, 0.5) is 0 Å². The molecule has 0 N–H and O–H groups in total. The van der Waals surface area contributed by atoms with E-state index >= 15 is 0 Å². The second-order valence-corrected chi connectivity index (χ2v) is 3.57. The SMILES string of the molecule is CC#CCCC(=O)c1cnn(C)c1Br. The monoisotopic (exact) mass is 254 g/mol. The zero-order valence-corrected chi connectivity index (χ0v) is 9.76. The van der Waals surface area contributed by atoms with Crippen molar-refractivity contribution in [2.75, 3.05) is 0 Å². The number of Topliss-reactive ketones (excluding diaryl/α,β-unsaturated/α-hetero) is 1. The summed E-state index contributed by atoms with van der Waals surface area (Å²) in [6.45, 7) is 1.77. The van der Waals surface area contributed by atoms with Gasteiger partial charge in [-0.2, -0.15) is 5.10 Å². The predicted molar refractivity (Wildman–Crippen MR) is 57.9 cm³/mol. The fourth-order valence-electron chi connectivity index (χ4n) is 1.05. The van der Waals surface area contributed by atoms with Crippen LogP contribution in [0.15, 0.2) is 10.8 Å². The first-order valence-electron chi connectivity index (χ1n) is 4.27. The molecule has 0 bridgehead atoms. The number of aromatic nitrogens is 2. The summed E-state index contributed by atoms with van der Waals surface area (Å²) in [5, 5.41) is 3.98. The van der Waals surface area contributed by atoms with E-state index in [0.717, 1.165) is 4.60 Å². The number of ketones is 1. The Morgan fingerprint density at radius 2 is 2.43 bits per heavy atom. The molecule has 14 heavy (non-hydrogen) atoms. The quantitative estimate of drug-likeness (QED) is 0.612. The van der Waals surface area contributed by atoms with Crippen molar-refractivity contribution in [3.63, 3.8) is 0 Å². The van der Waals surface area contributed by atoms with Gasteiger partial charge >= 0.3 is 0 Å². The van der Waals surface area contributed by atoms with Gasteiger partial charge in [-0.15, -0.1) is 11.8 Å². The summed E-state index contributed by atoms with van der Waals surface area (Å²) < 4.78 is 2.35. The summed E-state index contributed by atoms with van der Waals surface area (Å²) >= 11 is 3.30. The molecule has 4 heteroatoms. The van der Waals surface area contributed by atoms with Crippen molar-refractivity contribution in [2.24, 2.45) is 7.05 Å². The molecule has 74 valence electrons. The molecule has 3 nitrogen and oxygen atoms in total. The summed E-state index contributed by atoms with van der Waals surface area (Å²) in [5.41, 5.74) is 0.630. The van der Waals surface area contributed by atoms with Gasteiger partial charge < -0.3 is 0 Å². The molecule has 0 fully saturated rings. The normalized spacial score (nSPS) is 9.36. The van der Waals surface area contributed by atoms with Crippen molar-refractivity contribution in [1.82, 2.24) is 9.78 Å². The maximum Gasteiger partial charge on any atom is 0.168 e. The van der Waals surface area contributed by atoms with Crippen molar-refractivity contribution < 1.29 is 4.79 Å². The van der Waals surface area contributed by atoms with Crippen molar-refractivity contribution in [2.45, 2.75) is 19.8 Å². The number of carbonyl (C=O) groups excluding carboxylic acids is 1. The van der Waals surface area contributed by atoms with Crippen molar-refractivity contribution >= 4 is 21.7 Å². The van der Waals surface area contributed by atoms with E-state index in [2.05, 4.69) is 32.9 Å². The van der Waals surface area contributed by atoms with Gasteiger partial charge in [0.25, 0.3) is 0 Å². The van der Waals surface area contributed by atoms with Crippen LogP contribution in [0, 0.1) is 11.8 Å². The van der Waals surface area contributed by atoms with E-state index in [4.69, 9.17) is 0 Å². The van der Waals surface area contributed by atoms with E-state index in [9.17, 15) is 4.79 Å². The second kappa shape index (κ2) is 4.97. The number of carbonyl (C=O) groups is 1. The molecule has 0 aliphatic rings. The Balaban J connectivity index is 2.68.